The van der Waals surface area contributed by atoms with Crippen molar-refractivity contribution in [2.45, 2.75) is 19.9 Å². The van der Waals surface area contributed by atoms with Gasteiger partial charge >= 0.3 is 0 Å². The summed E-state index contributed by atoms with van der Waals surface area (Å²) in [6.45, 7) is 4.36. The van der Waals surface area contributed by atoms with Gasteiger partial charge in [-0.25, -0.2) is 0 Å². The summed E-state index contributed by atoms with van der Waals surface area (Å²) in [6, 6.07) is 9.01. The number of rotatable bonds is 3. The molecule has 0 bridgehead atoms. The van der Waals surface area contributed by atoms with Crippen molar-refractivity contribution in [3.8, 4) is 0 Å². The van der Waals surface area contributed by atoms with E-state index in [1.54, 1.807) is 0 Å². The average molecular weight is 436 g/mol. The molecule has 0 spiro atoms. The minimum atomic E-state index is 0.249. The van der Waals surface area contributed by atoms with Gasteiger partial charge < -0.3 is 5.32 Å². The smallest absolute Gasteiger partial charge is 0.0596 e. The van der Waals surface area contributed by atoms with Crippen molar-refractivity contribution in [2.24, 2.45) is 0 Å². The molecule has 96 valence electrons. The van der Waals surface area contributed by atoms with Gasteiger partial charge in [0.05, 0.1) is 6.04 Å². The van der Waals surface area contributed by atoms with E-state index in [9.17, 15) is 0 Å². The van der Waals surface area contributed by atoms with Gasteiger partial charge in [-0.1, -0.05) is 15.9 Å². The Balaban J connectivity index is 2.51. The summed E-state index contributed by atoms with van der Waals surface area (Å²) >= 11 is 7.88. The van der Waals surface area contributed by atoms with Crippen LogP contribution < -0.4 is 5.32 Å². The van der Waals surface area contributed by atoms with Crippen LogP contribution in [0.25, 0.3) is 0 Å². The maximum atomic E-state index is 3.66. The summed E-state index contributed by atoms with van der Waals surface area (Å²) in [6.07, 6.45) is 0. The molecule has 1 atom stereocenters. The second-order valence-corrected chi connectivity index (χ2v) is 7.82. The minimum absolute atomic E-state index is 0.249. The first kappa shape index (κ1) is 14.5. The highest BCUT2D eigenvalue weighted by Crippen LogP contribution is 2.34. The molecule has 1 heterocycles. The van der Waals surface area contributed by atoms with E-state index in [0.717, 1.165) is 4.47 Å². The quantitative estimate of drug-likeness (QED) is 0.666. The van der Waals surface area contributed by atoms with Gasteiger partial charge in [-0.3, -0.25) is 0 Å². The highest BCUT2D eigenvalue weighted by molar-refractivity contribution is 14.1. The molecular formula is C14H15BrINS. The first-order chi connectivity index (χ1) is 8.52. The molecule has 0 saturated carbocycles. The number of nitrogens with one attached hydrogen (secondary N) is 1. The van der Waals surface area contributed by atoms with Gasteiger partial charge in [0.2, 0.25) is 0 Å². The first-order valence-corrected chi connectivity index (χ1v) is 8.41. The lowest BCUT2D eigenvalue weighted by atomic mass is 9.99. The van der Waals surface area contributed by atoms with Crippen molar-refractivity contribution in [3.63, 3.8) is 0 Å². The van der Waals surface area contributed by atoms with Gasteiger partial charge in [0.1, 0.15) is 0 Å². The second-order valence-electron chi connectivity index (χ2n) is 4.26. The predicted molar refractivity (Wildman–Crippen MR) is 91.6 cm³/mol. The standard InChI is InChI=1S/C14H15BrINS/c1-8-6-11(9(2)18-8)14(17-3)12-7-10(16)4-5-13(12)15/h4-7,14,17H,1-3H3. The maximum absolute atomic E-state index is 3.66. The van der Waals surface area contributed by atoms with E-state index in [4.69, 9.17) is 0 Å². The summed E-state index contributed by atoms with van der Waals surface area (Å²) < 4.78 is 2.42. The second kappa shape index (κ2) is 6.03. The highest BCUT2D eigenvalue weighted by Gasteiger charge is 2.18. The van der Waals surface area contributed by atoms with Crippen LogP contribution in [0.15, 0.2) is 28.7 Å². The van der Waals surface area contributed by atoms with Gasteiger partial charge in [0, 0.05) is 17.8 Å². The molecule has 1 unspecified atom stereocenters. The Bertz CT molecular complexity index is 565. The predicted octanol–water partition coefficient (Wildman–Crippen LogP) is 5.04. The number of aryl methyl sites for hydroxylation is 2. The molecule has 0 amide bonds. The van der Waals surface area contributed by atoms with Gasteiger partial charge in [-0.15, -0.1) is 11.3 Å². The Morgan fingerprint density at radius 2 is 1.94 bits per heavy atom. The molecule has 18 heavy (non-hydrogen) atoms. The van der Waals surface area contributed by atoms with Crippen molar-refractivity contribution in [1.29, 1.82) is 0 Å². The molecule has 0 radical (unpaired) electrons. The number of hydrogen-bond donors (Lipinski definition) is 1. The van der Waals surface area contributed by atoms with E-state index in [1.807, 2.05) is 18.4 Å². The lowest BCUT2D eigenvalue weighted by Gasteiger charge is -2.19. The summed E-state index contributed by atoms with van der Waals surface area (Å²) in [5.74, 6) is 0. The van der Waals surface area contributed by atoms with Crippen LogP contribution in [0.1, 0.15) is 26.9 Å². The van der Waals surface area contributed by atoms with Crippen LogP contribution in [0.3, 0.4) is 0 Å². The Morgan fingerprint density at radius 1 is 1.22 bits per heavy atom. The molecule has 1 aromatic heterocycles. The zero-order valence-electron chi connectivity index (χ0n) is 10.6. The SMILES string of the molecule is CNC(c1cc(I)ccc1Br)c1cc(C)sc1C. The van der Waals surface area contributed by atoms with Crippen LogP contribution in [-0.2, 0) is 0 Å². The van der Waals surface area contributed by atoms with Gasteiger partial charge in [-0.05, 0) is 78.9 Å². The lowest BCUT2D eigenvalue weighted by Crippen LogP contribution is -2.18. The van der Waals surface area contributed by atoms with E-state index in [2.05, 4.69) is 82.0 Å². The first-order valence-electron chi connectivity index (χ1n) is 5.72. The van der Waals surface area contributed by atoms with Crippen molar-refractivity contribution < 1.29 is 0 Å². The normalized spacial score (nSPS) is 12.7. The number of halogens is 2. The lowest BCUT2D eigenvalue weighted by molar-refractivity contribution is 0.687. The molecule has 0 saturated heterocycles. The zero-order chi connectivity index (χ0) is 13.3. The van der Waals surface area contributed by atoms with Crippen molar-refractivity contribution >= 4 is 49.9 Å². The van der Waals surface area contributed by atoms with Crippen LogP contribution >= 0.6 is 49.9 Å². The molecule has 0 fully saturated rings. The Labute approximate surface area is 134 Å². The summed E-state index contributed by atoms with van der Waals surface area (Å²) in [5.41, 5.74) is 2.67. The highest BCUT2D eigenvalue weighted by atomic mass is 127. The van der Waals surface area contributed by atoms with Crippen molar-refractivity contribution in [3.05, 3.63) is 53.2 Å². The molecule has 0 aliphatic rings. The Morgan fingerprint density at radius 3 is 2.50 bits per heavy atom. The fourth-order valence-corrected chi connectivity index (χ4v) is 4.11. The van der Waals surface area contributed by atoms with Crippen LogP contribution in [-0.4, -0.2) is 7.05 Å². The van der Waals surface area contributed by atoms with Crippen LogP contribution in [0.5, 0.6) is 0 Å². The fourth-order valence-electron chi connectivity index (χ4n) is 2.15. The summed E-state index contributed by atoms with van der Waals surface area (Å²) in [4.78, 5) is 2.75. The Hall–Kier alpha value is 0.0900. The third-order valence-electron chi connectivity index (χ3n) is 2.95. The van der Waals surface area contributed by atoms with Crippen LogP contribution in [0, 0.1) is 17.4 Å². The van der Waals surface area contributed by atoms with E-state index in [1.165, 1.54) is 24.5 Å². The molecule has 0 aliphatic heterocycles. The molecule has 4 heteroatoms. The fraction of sp³-hybridized carbons (Fsp3) is 0.286. The van der Waals surface area contributed by atoms with E-state index in [0.29, 0.717) is 0 Å². The molecule has 2 rings (SSSR count). The third kappa shape index (κ3) is 2.98. The van der Waals surface area contributed by atoms with Crippen LogP contribution in [0.4, 0.5) is 0 Å². The zero-order valence-corrected chi connectivity index (χ0v) is 15.1. The molecule has 1 N–H and O–H groups in total. The number of hydrogen-bond acceptors (Lipinski definition) is 2. The van der Waals surface area contributed by atoms with Crippen LogP contribution in [0.2, 0.25) is 0 Å². The molecule has 0 aliphatic carbocycles. The Kier molecular flexibility index (Phi) is 4.86. The van der Waals surface area contributed by atoms with Gasteiger partial charge in [-0.2, -0.15) is 0 Å². The van der Waals surface area contributed by atoms with Crippen molar-refractivity contribution in [1.82, 2.24) is 5.32 Å². The molecular weight excluding hydrogens is 421 g/mol. The topological polar surface area (TPSA) is 12.0 Å². The summed E-state index contributed by atoms with van der Waals surface area (Å²) in [5, 5.41) is 3.43. The monoisotopic (exact) mass is 435 g/mol. The van der Waals surface area contributed by atoms with Crippen molar-refractivity contribution in [2.75, 3.05) is 7.05 Å². The summed E-state index contributed by atoms with van der Waals surface area (Å²) in [7, 11) is 2.02. The van der Waals surface area contributed by atoms with Gasteiger partial charge in [0.15, 0.2) is 0 Å². The number of benzene rings is 1. The van der Waals surface area contributed by atoms with E-state index >= 15 is 0 Å². The average Bonchev–Trinajstić information content (AvgIpc) is 2.64. The molecule has 2 aromatic rings. The van der Waals surface area contributed by atoms with E-state index < -0.39 is 0 Å². The molecule has 1 nitrogen and oxygen atoms in total. The maximum Gasteiger partial charge on any atom is 0.0596 e. The third-order valence-corrected chi connectivity index (χ3v) is 5.32. The van der Waals surface area contributed by atoms with Gasteiger partial charge in [0.25, 0.3) is 0 Å². The largest absolute Gasteiger partial charge is 0.309 e. The number of thiophene rings is 1. The minimum Gasteiger partial charge on any atom is -0.309 e. The van der Waals surface area contributed by atoms with E-state index in [-0.39, 0.29) is 6.04 Å². The molecule has 1 aromatic carbocycles.